The summed E-state index contributed by atoms with van der Waals surface area (Å²) in [5, 5.41) is 5.30. The first-order chi connectivity index (χ1) is 11.4. The van der Waals surface area contributed by atoms with Crippen molar-refractivity contribution in [3.63, 3.8) is 0 Å². The van der Waals surface area contributed by atoms with Gasteiger partial charge in [0.05, 0.1) is 6.61 Å². The van der Waals surface area contributed by atoms with Crippen molar-refractivity contribution in [2.75, 3.05) is 6.61 Å². The molecule has 2 atom stereocenters. The van der Waals surface area contributed by atoms with Crippen LogP contribution in [-0.2, 0) is 19.1 Å². The summed E-state index contributed by atoms with van der Waals surface area (Å²) in [6, 6.07) is -1.10. The lowest BCUT2D eigenvalue weighted by molar-refractivity contribution is -0.137. The Kier molecular flexibility index (Phi) is 9.86. The van der Waals surface area contributed by atoms with Crippen molar-refractivity contribution in [2.24, 2.45) is 5.92 Å². The summed E-state index contributed by atoms with van der Waals surface area (Å²) in [5.74, 6) is -0.498. The zero-order valence-corrected chi connectivity index (χ0v) is 16.3. The van der Waals surface area contributed by atoms with Crippen molar-refractivity contribution in [2.45, 2.75) is 72.6 Å². The smallest absolute Gasteiger partial charge is 0.408 e. The molecule has 0 rings (SSSR count). The summed E-state index contributed by atoms with van der Waals surface area (Å²) in [6.45, 7) is 12.9. The maximum atomic E-state index is 12.3. The first-order valence-electron chi connectivity index (χ1n) is 8.59. The molecule has 2 amide bonds. The summed E-state index contributed by atoms with van der Waals surface area (Å²) in [7, 11) is 0. The lowest BCUT2D eigenvalue weighted by Crippen LogP contribution is -2.49. The Hall–Kier alpha value is -2.05. The third-order valence-corrected chi connectivity index (χ3v) is 2.93. The van der Waals surface area contributed by atoms with E-state index in [-0.39, 0.29) is 11.9 Å². The Morgan fingerprint density at radius 1 is 1.08 bits per heavy atom. The van der Waals surface area contributed by atoms with Crippen LogP contribution in [0.1, 0.15) is 54.9 Å². The molecule has 0 saturated heterocycles. The zero-order valence-electron chi connectivity index (χ0n) is 16.3. The van der Waals surface area contributed by atoms with Crippen LogP contribution in [0.25, 0.3) is 0 Å². The monoisotopic (exact) mass is 356 g/mol. The van der Waals surface area contributed by atoms with Gasteiger partial charge in [0.2, 0.25) is 5.91 Å². The van der Waals surface area contributed by atoms with Crippen LogP contribution < -0.4 is 10.6 Å². The van der Waals surface area contributed by atoms with Crippen LogP contribution in [0.2, 0.25) is 0 Å². The van der Waals surface area contributed by atoms with E-state index in [9.17, 15) is 14.4 Å². The Bertz CT molecular complexity index is 480. The summed E-state index contributed by atoms with van der Waals surface area (Å²) in [4.78, 5) is 35.4. The molecule has 0 fully saturated rings. The zero-order chi connectivity index (χ0) is 19.6. The number of carbonyl (C=O) groups is 3. The molecule has 2 N–H and O–H groups in total. The second-order valence-corrected chi connectivity index (χ2v) is 7.22. The van der Waals surface area contributed by atoms with Gasteiger partial charge in [0, 0.05) is 12.1 Å². The number of hydrogen-bond acceptors (Lipinski definition) is 5. The fourth-order valence-corrected chi connectivity index (χ4v) is 1.94. The molecule has 0 aromatic rings. The molecule has 0 aromatic carbocycles. The number of amides is 2. The van der Waals surface area contributed by atoms with E-state index in [2.05, 4.69) is 10.6 Å². The van der Waals surface area contributed by atoms with Gasteiger partial charge in [-0.15, -0.1) is 0 Å². The second kappa shape index (κ2) is 10.7. The second-order valence-electron chi connectivity index (χ2n) is 7.22. The molecule has 25 heavy (non-hydrogen) atoms. The minimum absolute atomic E-state index is 0.293. The SMILES string of the molecule is CCOC(=O)/C=C/[C@H](CC(C)C)NC(=O)[C@H](C)NC(=O)OC(C)(C)C. The summed E-state index contributed by atoms with van der Waals surface area (Å²) < 4.78 is 9.97. The maximum Gasteiger partial charge on any atom is 0.408 e. The van der Waals surface area contributed by atoms with Crippen LogP contribution in [0.3, 0.4) is 0 Å². The highest BCUT2D eigenvalue weighted by atomic mass is 16.6. The first kappa shape index (κ1) is 22.9. The Morgan fingerprint density at radius 3 is 2.16 bits per heavy atom. The number of alkyl carbamates (subject to hydrolysis) is 1. The first-order valence-corrected chi connectivity index (χ1v) is 8.59. The van der Waals surface area contributed by atoms with E-state index in [0.29, 0.717) is 18.9 Å². The number of nitrogens with one attached hydrogen (secondary N) is 2. The lowest BCUT2D eigenvalue weighted by atomic mass is 10.0. The molecule has 7 nitrogen and oxygen atoms in total. The van der Waals surface area contributed by atoms with Crippen molar-refractivity contribution < 1.29 is 23.9 Å². The van der Waals surface area contributed by atoms with E-state index in [1.54, 1.807) is 40.7 Å². The average Bonchev–Trinajstić information content (AvgIpc) is 2.42. The molecule has 0 unspecified atom stereocenters. The summed E-state index contributed by atoms with van der Waals surface area (Å²) >= 11 is 0. The normalized spacial score (nSPS) is 14.1. The van der Waals surface area contributed by atoms with Gasteiger partial charge in [0.25, 0.3) is 0 Å². The van der Waals surface area contributed by atoms with Crippen molar-refractivity contribution in [1.82, 2.24) is 10.6 Å². The number of carbonyl (C=O) groups excluding carboxylic acids is 3. The number of ether oxygens (including phenoxy) is 2. The molecule has 7 heteroatoms. The molecule has 0 saturated carbocycles. The van der Waals surface area contributed by atoms with E-state index in [1.165, 1.54) is 6.08 Å². The maximum absolute atomic E-state index is 12.3. The van der Waals surface area contributed by atoms with Crippen molar-refractivity contribution >= 4 is 18.0 Å². The minimum atomic E-state index is -0.763. The third-order valence-electron chi connectivity index (χ3n) is 2.93. The molecule has 0 spiro atoms. The van der Waals surface area contributed by atoms with E-state index < -0.39 is 23.7 Å². The van der Waals surface area contributed by atoms with Crippen LogP contribution in [0.5, 0.6) is 0 Å². The number of rotatable bonds is 8. The van der Waals surface area contributed by atoms with Gasteiger partial charge in [-0.2, -0.15) is 0 Å². The molecular formula is C18H32N2O5. The molecule has 0 heterocycles. The quantitative estimate of drug-likeness (QED) is 0.515. The van der Waals surface area contributed by atoms with Gasteiger partial charge in [0.1, 0.15) is 11.6 Å². The fourth-order valence-electron chi connectivity index (χ4n) is 1.94. The van der Waals surface area contributed by atoms with Crippen LogP contribution >= 0.6 is 0 Å². The molecule has 0 aliphatic carbocycles. The standard InChI is InChI=1S/C18H32N2O5/c1-8-24-15(21)10-9-14(11-12(2)3)20-16(22)13(4)19-17(23)25-18(5,6)7/h9-10,12-14H,8,11H2,1-7H3,(H,19,23)(H,20,22)/b10-9+/t13-,14+/m0/s1. The van der Waals surface area contributed by atoms with Crippen molar-refractivity contribution in [3.8, 4) is 0 Å². The predicted octanol–water partition coefficient (Wildman–Crippen LogP) is 2.55. The Balaban J connectivity index is 4.73. The fraction of sp³-hybridized carbons (Fsp3) is 0.722. The van der Waals surface area contributed by atoms with Gasteiger partial charge < -0.3 is 20.1 Å². The highest BCUT2D eigenvalue weighted by Crippen LogP contribution is 2.08. The molecule has 0 aliphatic heterocycles. The van der Waals surface area contributed by atoms with Crippen molar-refractivity contribution in [1.29, 1.82) is 0 Å². The highest BCUT2D eigenvalue weighted by Gasteiger charge is 2.22. The van der Waals surface area contributed by atoms with Gasteiger partial charge in [-0.3, -0.25) is 4.79 Å². The minimum Gasteiger partial charge on any atom is -0.463 e. The van der Waals surface area contributed by atoms with Gasteiger partial charge in [0.15, 0.2) is 0 Å². The van der Waals surface area contributed by atoms with E-state index in [1.807, 2.05) is 13.8 Å². The van der Waals surface area contributed by atoms with Crippen molar-refractivity contribution in [3.05, 3.63) is 12.2 Å². The molecule has 0 bridgehead atoms. The largest absolute Gasteiger partial charge is 0.463 e. The summed E-state index contributed by atoms with van der Waals surface area (Å²) in [6.07, 6.45) is 2.91. The molecular weight excluding hydrogens is 324 g/mol. The topological polar surface area (TPSA) is 93.7 Å². The predicted molar refractivity (Wildman–Crippen MR) is 96.0 cm³/mol. The Labute approximate surface area is 150 Å². The van der Waals surface area contributed by atoms with Gasteiger partial charge in [-0.25, -0.2) is 9.59 Å². The van der Waals surface area contributed by atoms with Crippen LogP contribution in [0, 0.1) is 5.92 Å². The van der Waals surface area contributed by atoms with Gasteiger partial charge in [-0.1, -0.05) is 19.9 Å². The number of hydrogen-bond donors (Lipinski definition) is 2. The molecule has 0 aromatic heterocycles. The Morgan fingerprint density at radius 2 is 1.68 bits per heavy atom. The van der Waals surface area contributed by atoms with Gasteiger partial charge in [-0.05, 0) is 47.0 Å². The average molecular weight is 356 g/mol. The number of esters is 1. The lowest BCUT2D eigenvalue weighted by Gasteiger charge is -2.23. The third kappa shape index (κ3) is 12.0. The van der Waals surface area contributed by atoms with Gasteiger partial charge >= 0.3 is 12.1 Å². The summed E-state index contributed by atoms with van der Waals surface area (Å²) in [5.41, 5.74) is -0.636. The van der Waals surface area contributed by atoms with E-state index >= 15 is 0 Å². The highest BCUT2D eigenvalue weighted by molar-refractivity contribution is 5.86. The van der Waals surface area contributed by atoms with Crippen LogP contribution in [0.4, 0.5) is 4.79 Å². The van der Waals surface area contributed by atoms with Crippen LogP contribution in [0.15, 0.2) is 12.2 Å². The van der Waals surface area contributed by atoms with E-state index in [4.69, 9.17) is 9.47 Å². The van der Waals surface area contributed by atoms with E-state index in [0.717, 1.165) is 0 Å². The molecule has 144 valence electrons. The molecule has 0 aliphatic rings. The molecule has 0 radical (unpaired) electrons. The van der Waals surface area contributed by atoms with Crippen LogP contribution in [-0.4, -0.2) is 42.3 Å².